The maximum absolute atomic E-state index is 12.3. The van der Waals surface area contributed by atoms with Crippen LogP contribution in [0.3, 0.4) is 0 Å². The minimum atomic E-state index is -0.232. The Morgan fingerprint density at radius 1 is 1.00 bits per heavy atom. The van der Waals surface area contributed by atoms with Crippen LogP contribution in [0.5, 0.6) is 11.5 Å². The fourth-order valence-electron chi connectivity index (χ4n) is 2.43. The van der Waals surface area contributed by atoms with E-state index in [0.717, 1.165) is 11.1 Å². The zero-order valence-corrected chi connectivity index (χ0v) is 16.0. The lowest BCUT2D eigenvalue weighted by Gasteiger charge is -2.15. The molecule has 2 rings (SSSR count). The van der Waals surface area contributed by atoms with Gasteiger partial charge in [0.25, 0.3) is 0 Å². The van der Waals surface area contributed by atoms with Crippen LogP contribution in [-0.2, 0) is 4.79 Å². The van der Waals surface area contributed by atoms with E-state index < -0.39 is 0 Å². The lowest BCUT2D eigenvalue weighted by atomic mass is 10.1. The summed E-state index contributed by atoms with van der Waals surface area (Å²) < 4.78 is 10.5. The largest absolute Gasteiger partial charge is 0.495 e. The van der Waals surface area contributed by atoms with Gasteiger partial charge in [-0.2, -0.15) is 0 Å². The molecule has 0 aliphatic heterocycles. The first-order valence-corrected chi connectivity index (χ1v) is 8.33. The molecule has 0 aliphatic rings. The Balaban J connectivity index is 2.10. The van der Waals surface area contributed by atoms with Crippen molar-refractivity contribution in [1.82, 2.24) is 0 Å². The van der Waals surface area contributed by atoms with Crippen LogP contribution in [0.25, 0.3) is 0 Å². The second kappa shape index (κ2) is 8.32. The molecule has 0 radical (unpaired) electrons. The number of nitrogens with one attached hydrogen (secondary N) is 2. The molecule has 0 aromatic heterocycles. The van der Waals surface area contributed by atoms with Crippen LogP contribution in [0, 0.1) is 13.8 Å². The number of methoxy groups -OCH3 is 2. The number of rotatable bonds is 6. The fourth-order valence-corrected chi connectivity index (χ4v) is 3.03. The lowest BCUT2D eigenvalue weighted by molar-refractivity contribution is -0.114. The summed E-state index contributed by atoms with van der Waals surface area (Å²) in [6.07, 6.45) is 0. The highest BCUT2D eigenvalue weighted by molar-refractivity contribution is 6.34. The molecule has 0 aliphatic carbocycles. The van der Waals surface area contributed by atoms with Crippen molar-refractivity contribution in [3.05, 3.63) is 45.4 Å². The molecule has 0 atom stereocenters. The summed E-state index contributed by atoms with van der Waals surface area (Å²) in [6, 6.07) is 7.08. The molecule has 0 bridgehead atoms. The van der Waals surface area contributed by atoms with Gasteiger partial charge in [-0.25, -0.2) is 0 Å². The summed E-state index contributed by atoms with van der Waals surface area (Å²) in [4.78, 5) is 12.3. The van der Waals surface area contributed by atoms with Crippen molar-refractivity contribution in [3.63, 3.8) is 0 Å². The molecule has 0 fully saturated rings. The first-order valence-electron chi connectivity index (χ1n) is 7.57. The molecule has 0 unspecified atom stereocenters. The molecule has 0 saturated carbocycles. The van der Waals surface area contributed by atoms with Gasteiger partial charge in [-0.3, -0.25) is 4.79 Å². The van der Waals surface area contributed by atoms with Gasteiger partial charge >= 0.3 is 0 Å². The Morgan fingerprint density at radius 2 is 1.68 bits per heavy atom. The molecule has 0 saturated heterocycles. The number of halogens is 2. The Labute approximate surface area is 157 Å². The van der Waals surface area contributed by atoms with E-state index in [4.69, 9.17) is 32.7 Å². The zero-order chi connectivity index (χ0) is 18.6. The summed E-state index contributed by atoms with van der Waals surface area (Å²) in [5.41, 5.74) is 3.16. The van der Waals surface area contributed by atoms with Crippen molar-refractivity contribution in [2.24, 2.45) is 0 Å². The van der Waals surface area contributed by atoms with Crippen molar-refractivity contribution < 1.29 is 14.3 Å². The maximum Gasteiger partial charge on any atom is 0.243 e. The van der Waals surface area contributed by atoms with E-state index in [1.807, 2.05) is 26.0 Å². The minimum absolute atomic E-state index is 0.0325. The highest BCUT2D eigenvalue weighted by Gasteiger charge is 2.13. The van der Waals surface area contributed by atoms with Gasteiger partial charge in [-0.1, -0.05) is 29.3 Å². The highest BCUT2D eigenvalue weighted by atomic mass is 35.5. The summed E-state index contributed by atoms with van der Waals surface area (Å²) in [5, 5.41) is 6.78. The van der Waals surface area contributed by atoms with Crippen molar-refractivity contribution in [2.75, 3.05) is 31.4 Å². The third-order valence-electron chi connectivity index (χ3n) is 3.61. The summed E-state index contributed by atoms with van der Waals surface area (Å²) in [6.45, 7) is 3.88. The quantitative estimate of drug-likeness (QED) is 0.761. The Bertz CT molecular complexity index is 771. The Morgan fingerprint density at radius 3 is 2.28 bits per heavy atom. The third-order valence-corrected chi connectivity index (χ3v) is 4.20. The lowest BCUT2D eigenvalue weighted by Crippen LogP contribution is -2.22. The van der Waals surface area contributed by atoms with E-state index in [-0.39, 0.29) is 12.5 Å². The standard InChI is InChI=1S/C18H20Cl2N2O3/c1-10-5-11(2)18(13(20)6-10)22-17(23)9-21-14-8-15(24-3)12(19)7-16(14)25-4/h5-8,21H,9H2,1-4H3,(H,22,23). The molecule has 0 heterocycles. The normalized spacial score (nSPS) is 10.3. The third kappa shape index (κ3) is 4.71. The molecule has 7 heteroatoms. The SMILES string of the molecule is COc1cc(NCC(=O)Nc2c(C)cc(C)cc2Cl)c(OC)cc1Cl. The molecule has 2 N–H and O–H groups in total. The number of aryl methyl sites for hydroxylation is 2. The first kappa shape index (κ1) is 19.2. The van der Waals surface area contributed by atoms with E-state index in [1.54, 1.807) is 12.1 Å². The Kier molecular flexibility index (Phi) is 6.39. The molecular formula is C18H20Cl2N2O3. The molecule has 2 aromatic carbocycles. The van der Waals surface area contributed by atoms with Gasteiger partial charge in [0.05, 0.1) is 42.2 Å². The number of carbonyl (C=O) groups is 1. The van der Waals surface area contributed by atoms with Crippen LogP contribution in [0.15, 0.2) is 24.3 Å². The zero-order valence-electron chi connectivity index (χ0n) is 14.5. The summed E-state index contributed by atoms with van der Waals surface area (Å²) >= 11 is 12.3. The smallest absolute Gasteiger partial charge is 0.243 e. The average Bonchev–Trinajstić information content (AvgIpc) is 2.56. The monoisotopic (exact) mass is 382 g/mol. The maximum atomic E-state index is 12.3. The molecular weight excluding hydrogens is 363 g/mol. The second-order valence-electron chi connectivity index (χ2n) is 5.53. The molecule has 1 amide bonds. The number of ether oxygens (including phenoxy) is 2. The van der Waals surface area contributed by atoms with Crippen LogP contribution in [0.2, 0.25) is 10.0 Å². The van der Waals surface area contributed by atoms with Crippen LogP contribution in [0.1, 0.15) is 11.1 Å². The number of hydrogen-bond acceptors (Lipinski definition) is 4. The van der Waals surface area contributed by atoms with Gasteiger partial charge < -0.3 is 20.1 Å². The number of anilines is 2. The molecule has 25 heavy (non-hydrogen) atoms. The van der Waals surface area contributed by atoms with Crippen molar-refractivity contribution >= 4 is 40.5 Å². The number of benzene rings is 2. The van der Waals surface area contributed by atoms with E-state index in [9.17, 15) is 4.79 Å². The number of amides is 1. The minimum Gasteiger partial charge on any atom is -0.495 e. The number of hydrogen-bond donors (Lipinski definition) is 2. The van der Waals surface area contributed by atoms with E-state index in [1.165, 1.54) is 14.2 Å². The molecule has 134 valence electrons. The predicted molar refractivity (Wildman–Crippen MR) is 103 cm³/mol. The summed E-state index contributed by atoms with van der Waals surface area (Å²) in [5.74, 6) is 0.774. The Hall–Kier alpha value is -2.11. The fraction of sp³-hybridized carbons (Fsp3) is 0.278. The van der Waals surface area contributed by atoms with Gasteiger partial charge in [0.2, 0.25) is 5.91 Å². The van der Waals surface area contributed by atoms with Crippen LogP contribution in [0.4, 0.5) is 11.4 Å². The molecule has 5 nitrogen and oxygen atoms in total. The molecule has 2 aromatic rings. The van der Waals surface area contributed by atoms with Gasteiger partial charge in [-0.15, -0.1) is 0 Å². The van der Waals surface area contributed by atoms with Crippen molar-refractivity contribution in [3.8, 4) is 11.5 Å². The van der Waals surface area contributed by atoms with Crippen molar-refractivity contribution in [2.45, 2.75) is 13.8 Å². The van der Waals surface area contributed by atoms with Gasteiger partial charge in [0.15, 0.2) is 0 Å². The topological polar surface area (TPSA) is 59.6 Å². The predicted octanol–water partition coefficient (Wildman–Crippen LogP) is 4.68. The second-order valence-corrected chi connectivity index (χ2v) is 6.34. The molecule has 0 spiro atoms. The van der Waals surface area contributed by atoms with Gasteiger partial charge in [-0.05, 0) is 31.0 Å². The number of carbonyl (C=O) groups excluding carboxylic acids is 1. The van der Waals surface area contributed by atoms with E-state index in [2.05, 4.69) is 10.6 Å². The van der Waals surface area contributed by atoms with E-state index >= 15 is 0 Å². The van der Waals surface area contributed by atoms with Gasteiger partial charge in [0, 0.05) is 12.1 Å². The van der Waals surface area contributed by atoms with Crippen molar-refractivity contribution in [1.29, 1.82) is 0 Å². The van der Waals surface area contributed by atoms with Gasteiger partial charge in [0.1, 0.15) is 11.5 Å². The summed E-state index contributed by atoms with van der Waals surface area (Å²) in [7, 11) is 3.05. The van der Waals surface area contributed by atoms with Crippen LogP contribution >= 0.6 is 23.2 Å². The average molecular weight is 383 g/mol. The van der Waals surface area contributed by atoms with E-state index in [0.29, 0.717) is 32.9 Å². The highest BCUT2D eigenvalue weighted by Crippen LogP contribution is 2.35. The van der Waals surface area contributed by atoms with Crippen LogP contribution in [-0.4, -0.2) is 26.7 Å². The first-order chi connectivity index (χ1) is 11.8. The van der Waals surface area contributed by atoms with Crippen LogP contribution < -0.4 is 20.1 Å².